The lowest BCUT2D eigenvalue weighted by molar-refractivity contribution is -0.129. The first-order valence-electron chi connectivity index (χ1n) is 6.43. The lowest BCUT2D eigenvalue weighted by Gasteiger charge is -2.26. The number of aryl methyl sites for hydroxylation is 1. The van der Waals surface area contributed by atoms with Crippen molar-refractivity contribution in [1.82, 2.24) is 4.90 Å². The van der Waals surface area contributed by atoms with E-state index in [1.165, 1.54) is 6.42 Å². The first kappa shape index (κ1) is 13.3. The second kappa shape index (κ2) is 6.14. The van der Waals surface area contributed by atoms with Crippen LogP contribution < -0.4 is 5.73 Å². The van der Waals surface area contributed by atoms with Crippen molar-refractivity contribution >= 4 is 23.4 Å². The van der Waals surface area contributed by atoms with Crippen molar-refractivity contribution in [3.05, 3.63) is 23.8 Å². The molecular formula is C14H20N2OS. The van der Waals surface area contributed by atoms with Crippen molar-refractivity contribution in [2.45, 2.75) is 31.1 Å². The van der Waals surface area contributed by atoms with Crippen LogP contribution in [0.25, 0.3) is 0 Å². The molecule has 98 valence electrons. The smallest absolute Gasteiger partial charge is 0.232 e. The predicted molar refractivity (Wildman–Crippen MR) is 76.7 cm³/mol. The number of likely N-dealkylation sites (tertiary alicyclic amines) is 1. The Labute approximate surface area is 113 Å². The molecule has 4 heteroatoms. The van der Waals surface area contributed by atoms with Gasteiger partial charge in [-0.15, -0.1) is 11.8 Å². The summed E-state index contributed by atoms with van der Waals surface area (Å²) in [5.41, 5.74) is 7.74. The number of hydrogen-bond acceptors (Lipinski definition) is 3. The van der Waals surface area contributed by atoms with Crippen LogP contribution in [0.15, 0.2) is 23.1 Å². The number of anilines is 1. The second-order valence-corrected chi connectivity index (χ2v) is 5.80. The Morgan fingerprint density at radius 2 is 2.06 bits per heavy atom. The van der Waals surface area contributed by atoms with Crippen LogP contribution >= 0.6 is 11.8 Å². The summed E-state index contributed by atoms with van der Waals surface area (Å²) in [5.74, 6) is 0.765. The van der Waals surface area contributed by atoms with Gasteiger partial charge >= 0.3 is 0 Å². The summed E-state index contributed by atoms with van der Waals surface area (Å²) in [7, 11) is 0. The monoisotopic (exact) mass is 264 g/mol. The number of amides is 1. The number of carbonyl (C=O) groups excluding carboxylic acids is 1. The number of nitrogen functional groups attached to an aromatic ring is 1. The summed E-state index contributed by atoms with van der Waals surface area (Å²) in [6.07, 6.45) is 3.55. The van der Waals surface area contributed by atoms with Gasteiger partial charge in [0.05, 0.1) is 5.75 Å². The van der Waals surface area contributed by atoms with Crippen LogP contribution in [0, 0.1) is 6.92 Å². The molecule has 1 saturated heterocycles. The average molecular weight is 264 g/mol. The third kappa shape index (κ3) is 3.42. The maximum atomic E-state index is 12.0. The lowest BCUT2D eigenvalue weighted by Crippen LogP contribution is -2.36. The molecule has 3 nitrogen and oxygen atoms in total. The molecule has 0 aromatic heterocycles. The van der Waals surface area contributed by atoms with Gasteiger partial charge in [0, 0.05) is 23.7 Å². The van der Waals surface area contributed by atoms with Crippen LogP contribution in [0.2, 0.25) is 0 Å². The minimum Gasteiger partial charge on any atom is -0.398 e. The van der Waals surface area contributed by atoms with Crippen molar-refractivity contribution < 1.29 is 4.79 Å². The first-order chi connectivity index (χ1) is 8.66. The Morgan fingerprint density at radius 1 is 1.33 bits per heavy atom. The van der Waals surface area contributed by atoms with Gasteiger partial charge in [-0.1, -0.05) is 6.07 Å². The Hall–Kier alpha value is -1.16. The molecule has 0 bridgehead atoms. The van der Waals surface area contributed by atoms with E-state index in [2.05, 4.69) is 0 Å². The molecule has 0 unspecified atom stereocenters. The number of benzene rings is 1. The van der Waals surface area contributed by atoms with Crippen LogP contribution in [0.1, 0.15) is 24.8 Å². The van der Waals surface area contributed by atoms with Crippen LogP contribution in [0.3, 0.4) is 0 Å². The fourth-order valence-electron chi connectivity index (χ4n) is 2.09. The summed E-state index contributed by atoms with van der Waals surface area (Å²) in [5, 5.41) is 0. The van der Waals surface area contributed by atoms with Gasteiger partial charge in [-0.3, -0.25) is 4.79 Å². The zero-order valence-electron chi connectivity index (χ0n) is 10.8. The van der Waals surface area contributed by atoms with Crippen molar-refractivity contribution in [2.75, 3.05) is 24.6 Å². The van der Waals surface area contributed by atoms with Crippen molar-refractivity contribution in [1.29, 1.82) is 0 Å². The minimum absolute atomic E-state index is 0.249. The molecule has 18 heavy (non-hydrogen) atoms. The van der Waals surface area contributed by atoms with E-state index in [1.807, 2.05) is 30.0 Å². The van der Waals surface area contributed by atoms with E-state index in [0.717, 1.165) is 42.1 Å². The Morgan fingerprint density at radius 3 is 2.72 bits per heavy atom. The molecule has 0 radical (unpaired) electrons. The molecule has 1 aromatic carbocycles. The van der Waals surface area contributed by atoms with Gasteiger partial charge in [0.25, 0.3) is 0 Å². The van der Waals surface area contributed by atoms with Crippen LogP contribution in [-0.2, 0) is 4.79 Å². The minimum atomic E-state index is 0.249. The zero-order chi connectivity index (χ0) is 13.0. The average Bonchev–Trinajstić information content (AvgIpc) is 2.41. The third-order valence-electron chi connectivity index (χ3n) is 3.32. The SMILES string of the molecule is Cc1ccc(SCC(=O)N2CCCCC2)cc1N. The van der Waals surface area contributed by atoms with E-state index in [1.54, 1.807) is 11.8 Å². The maximum absolute atomic E-state index is 12.0. The van der Waals surface area contributed by atoms with Gasteiger partial charge in [-0.2, -0.15) is 0 Å². The fourth-order valence-corrected chi connectivity index (χ4v) is 2.94. The van der Waals surface area contributed by atoms with Gasteiger partial charge < -0.3 is 10.6 Å². The first-order valence-corrected chi connectivity index (χ1v) is 7.42. The molecular weight excluding hydrogens is 244 g/mol. The molecule has 1 aromatic rings. The van der Waals surface area contributed by atoms with Gasteiger partial charge in [-0.25, -0.2) is 0 Å². The summed E-state index contributed by atoms with van der Waals surface area (Å²) in [4.78, 5) is 15.0. The predicted octanol–water partition coefficient (Wildman–Crippen LogP) is 2.68. The molecule has 1 amide bonds. The standard InChI is InChI=1S/C14H20N2OS/c1-11-5-6-12(9-13(11)15)18-10-14(17)16-7-3-2-4-8-16/h5-6,9H,2-4,7-8,10,15H2,1H3. The zero-order valence-corrected chi connectivity index (χ0v) is 11.6. The highest BCUT2D eigenvalue weighted by Crippen LogP contribution is 2.23. The third-order valence-corrected chi connectivity index (χ3v) is 4.30. The van der Waals surface area contributed by atoms with Crippen LogP contribution in [-0.4, -0.2) is 29.6 Å². The molecule has 0 spiro atoms. The topological polar surface area (TPSA) is 46.3 Å². The number of nitrogens with zero attached hydrogens (tertiary/aromatic N) is 1. The molecule has 0 saturated carbocycles. The highest BCUT2D eigenvalue weighted by Gasteiger charge is 2.16. The second-order valence-electron chi connectivity index (χ2n) is 4.75. The molecule has 2 N–H and O–H groups in total. The van der Waals surface area contributed by atoms with E-state index in [-0.39, 0.29) is 5.91 Å². The van der Waals surface area contributed by atoms with E-state index in [4.69, 9.17) is 5.73 Å². The number of thioether (sulfide) groups is 1. The highest BCUT2D eigenvalue weighted by atomic mass is 32.2. The molecule has 1 heterocycles. The van der Waals surface area contributed by atoms with Gasteiger partial charge in [0.15, 0.2) is 0 Å². The number of nitrogens with two attached hydrogens (primary N) is 1. The quantitative estimate of drug-likeness (QED) is 0.674. The summed E-state index contributed by atoms with van der Waals surface area (Å²) in [6.45, 7) is 3.84. The van der Waals surface area contributed by atoms with E-state index < -0.39 is 0 Å². The van der Waals surface area contributed by atoms with Crippen molar-refractivity contribution in [3.8, 4) is 0 Å². The van der Waals surface area contributed by atoms with Crippen molar-refractivity contribution in [2.24, 2.45) is 0 Å². The molecule has 0 atom stereocenters. The Balaban J connectivity index is 1.86. The largest absolute Gasteiger partial charge is 0.398 e. The van der Waals surface area contributed by atoms with Gasteiger partial charge in [0.2, 0.25) is 5.91 Å². The van der Waals surface area contributed by atoms with Gasteiger partial charge in [0.1, 0.15) is 0 Å². The summed E-state index contributed by atoms with van der Waals surface area (Å²) < 4.78 is 0. The Kier molecular flexibility index (Phi) is 4.53. The summed E-state index contributed by atoms with van der Waals surface area (Å²) >= 11 is 1.57. The highest BCUT2D eigenvalue weighted by molar-refractivity contribution is 8.00. The maximum Gasteiger partial charge on any atom is 0.232 e. The number of piperidine rings is 1. The lowest BCUT2D eigenvalue weighted by atomic mass is 10.1. The number of carbonyl (C=O) groups is 1. The molecule has 1 aliphatic rings. The molecule has 2 rings (SSSR count). The van der Waals surface area contributed by atoms with E-state index in [9.17, 15) is 4.79 Å². The van der Waals surface area contributed by atoms with Crippen LogP contribution in [0.5, 0.6) is 0 Å². The number of hydrogen-bond donors (Lipinski definition) is 1. The molecule has 1 fully saturated rings. The fraction of sp³-hybridized carbons (Fsp3) is 0.500. The summed E-state index contributed by atoms with van der Waals surface area (Å²) in [6, 6.07) is 5.98. The van der Waals surface area contributed by atoms with Crippen LogP contribution in [0.4, 0.5) is 5.69 Å². The van der Waals surface area contributed by atoms with Gasteiger partial charge in [-0.05, 0) is 43.9 Å². The normalized spacial score (nSPS) is 15.7. The van der Waals surface area contributed by atoms with Crippen molar-refractivity contribution in [3.63, 3.8) is 0 Å². The van der Waals surface area contributed by atoms with E-state index >= 15 is 0 Å². The Bertz CT molecular complexity index is 428. The van der Waals surface area contributed by atoms with E-state index in [0.29, 0.717) is 5.75 Å². The molecule has 1 aliphatic heterocycles. The number of rotatable bonds is 3. The molecule has 0 aliphatic carbocycles.